The summed E-state index contributed by atoms with van der Waals surface area (Å²) in [5, 5.41) is 0. The summed E-state index contributed by atoms with van der Waals surface area (Å²) in [6.07, 6.45) is 2.64. The Kier molecular flexibility index (Phi) is 3.91. The highest BCUT2D eigenvalue weighted by Gasteiger charge is 2.34. The molecule has 2 nitrogen and oxygen atoms in total. The number of imidazole rings is 1. The zero-order valence-electron chi connectivity index (χ0n) is 12.2. The lowest BCUT2D eigenvalue weighted by Crippen LogP contribution is -2.18. The van der Waals surface area contributed by atoms with Crippen molar-refractivity contribution >= 4 is 22.6 Å². The van der Waals surface area contributed by atoms with Crippen LogP contribution in [-0.4, -0.2) is 15.4 Å². The summed E-state index contributed by atoms with van der Waals surface area (Å²) in [6, 6.07) is 2.85. The molecule has 2 aromatic rings. The van der Waals surface area contributed by atoms with Gasteiger partial charge in [0.25, 0.3) is 0 Å². The van der Waals surface area contributed by atoms with E-state index in [0.717, 1.165) is 24.7 Å². The highest BCUT2D eigenvalue weighted by Crippen LogP contribution is 2.42. The Labute approximate surface area is 128 Å². The van der Waals surface area contributed by atoms with Crippen molar-refractivity contribution in [1.82, 2.24) is 9.55 Å². The normalized spacial score (nSPS) is 25.9. The van der Waals surface area contributed by atoms with Crippen LogP contribution in [0.5, 0.6) is 0 Å². The number of nitrogens with zero attached hydrogens (tertiary/aromatic N) is 2. The minimum atomic E-state index is -0.820. The molecule has 0 amide bonds. The van der Waals surface area contributed by atoms with Crippen LogP contribution in [0.3, 0.4) is 0 Å². The molecule has 0 bridgehead atoms. The fourth-order valence-corrected chi connectivity index (χ4v) is 3.66. The fraction of sp³-hybridized carbons (Fsp3) is 0.562. The number of alkyl halides is 1. The molecule has 1 heterocycles. The van der Waals surface area contributed by atoms with E-state index in [2.05, 4.69) is 18.8 Å². The molecular formula is C16H19ClF2N2. The summed E-state index contributed by atoms with van der Waals surface area (Å²) in [5.41, 5.74) is 0.807. The molecule has 5 heteroatoms. The van der Waals surface area contributed by atoms with E-state index in [1.165, 1.54) is 0 Å². The number of benzene rings is 1. The quantitative estimate of drug-likeness (QED) is 0.751. The molecule has 3 rings (SSSR count). The predicted molar refractivity (Wildman–Crippen MR) is 80.7 cm³/mol. The topological polar surface area (TPSA) is 17.8 Å². The van der Waals surface area contributed by atoms with Crippen molar-refractivity contribution < 1.29 is 8.78 Å². The Balaban J connectivity index is 2.22. The molecule has 1 aromatic heterocycles. The summed E-state index contributed by atoms with van der Waals surface area (Å²) in [5.74, 6) is 0.555. The van der Waals surface area contributed by atoms with Gasteiger partial charge in [0.2, 0.25) is 0 Å². The van der Waals surface area contributed by atoms with Crippen LogP contribution in [0.2, 0.25) is 0 Å². The molecule has 0 spiro atoms. The van der Waals surface area contributed by atoms with Crippen LogP contribution in [0.25, 0.3) is 11.0 Å². The number of halogens is 3. The number of aromatic nitrogens is 2. The van der Waals surface area contributed by atoms with Gasteiger partial charge in [0, 0.05) is 18.3 Å². The van der Waals surface area contributed by atoms with Crippen molar-refractivity contribution in [3.63, 3.8) is 0 Å². The SMILES string of the molecule is CC1CCC(n2c(CCCl)nc3ccc(F)c(F)c32)C1C. The largest absolute Gasteiger partial charge is 0.322 e. The molecule has 1 fully saturated rings. The molecule has 114 valence electrons. The second kappa shape index (κ2) is 5.56. The first-order chi connectivity index (χ1) is 10.0. The maximum Gasteiger partial charge on any atom is 0.184 e. The molecule has 1 aliphatic rings. The second-order valence-electron chi connectivity index (χ2n) is 6.05. The van der Waals surface area contributed by atoms with Gasteiger partial charge in [-0.05, 0) is 36.8 Å². The van der Waals surface area contributed by atoms with Crippen molar-refractivity contribution in [3.8, 4) is 0 Å². The van der Waals surface area contributed by atoms with Crippen LogP contribution in [0.15, 0.2) is 12.1 Å². The molecule has 0 N–H and O–H groups in total. The Morgan fingerprint density at radius 1 is 1.29 bits per heavy atom. The maximum atomic E-state index is 14.3. The van der Waals surface area contributed by atoms with Gasteiger partial charge in [-0.15, -0.1) is 11.6 Å². The van der Waals surface area contributed by atoms with Gasteiger partial charge in [-0.3, -0.25) is 0 Å². The van der Waals surface area contributed by atoms with E-state index in [0.29, 0.717) is 35.2 Å². The third kappa shape index (κ3) is 2.33. The average Bonchev–Trinajstić information content (AvgIpc) is 2.97. The van der Waals surface area contributed by atoms with Crippen LogP contribution >= 0.6 is 11.6 Å². The fourth-order valence-electron chi connectivity index (χ4n) is 3.49. The van der Waals surface area contributed by atoms with E-state index >= 15 is 0 Å². The van der Waals surface area contributed by atoms with Gasteiger partial charge in [-0.1, -0.05) is 13.8 Å². The van der Waals surface area contributed by atoms with Crippen molar-refractivity contribution in [1.29, 1.82) is 0 Å². The number of aryl methyl sites for hydroxylation is 1. The lowest BCUT2D eigenvalue weighted by atomic mass is 9.97. The van der Waals surface area contributed by atoms with E-state index < -0.39 is 11.6 Å². The Morgan fingerprint density at radius 3 is 2.67 bits per heavy atom. The van der Waals surface area contributed by atoms with Crippen LogP contribution in [0.4, 0.5) is 8.78 Å². The van der Waals surface area contributed by atoms with Gasteiger partial charge in [0.15, 0.2) is 11.6 Å². The first-order valence-electron chi connectivity index (χ1n) is 7.45. The van der Waals surface area contributed by atoms with Gasteiger partial charge >= 0.3 is 0 Å². The average molecular weight is 313 g/mol. The van der Waals surface area contributed by atoms with Gasteiger partial charge in [-0.25, -0.2) is 13.8 Å². The third-order valence-electron chi connectivity index (χ3n) is 4.89. The molecule has 1 aromatic carbocycles. The van der Waals surface area contributed by atoms with Crippen LogP contribution in [0.1, 0.15) is 38.6 Å². The standard InChI is InChI=1S/C16H19ClF2N2/c1-9-3-6-13(10(9)2)21-14(7-8-17)20-12-5-4-11(18)15(19)16(12)21/h4-5,9-10,13H,3,6-8H2,1-2H3. The van der Waals surface area contributed by atoms with Gasteiger partial charge in [0.05, 0.1) is 5.52 Å². The smallest absolute Gasteiger partial charge is 0.184 e. The minimum Gasteiger partial charge on any atom is -0.322 e. The third-order valence-corrected chi connectivity index (χ3v) is 5.08. The number of hydrogen-bond donors (Lipinski definition) is 0. The van der Waals surface area contributed by atoms with E-state index in [-0.39, 0.29) is 6.04 Å². The van der Waals surface area contributed by atoms with E-state index in [1.807, 2.05) is 4.57 Å². The highest BCUT2D eigenvalue weighted by molar-refractivity contribution is 6.17. The Morgan fingerprint density at radius 2 is 2.05 bits per heavy atom. The molecule has 3 unspecified atom stereocenters. The van der Waals surface area contributed by atoms with Gasteiger partial charge in [-0.2, -0.15) is 0 Å². The first kappa shape index (κ1) is 14.8. The Hall–Kier alpha value is -1.16. The molecule has 21 heavy (non-hydrogen) atoms. The molecule has 1 saturated carbocycles. The minimum absolute atomic E-state index is 0.166. The molecule has 0 saturated heterocycles. The van der Waals surface area contributed by atoms with Gasteiger partial charge in [0.1, 0.15) is 11.3 Å². The van der Waals surface area contributed by atoms with E-state index in [4.69, 9.17) is 11.6 Å². The van der Waals surface area contributed by atoms with Crippen LogP contribution in [0, 0.1) is 23.5 Å². The zero-order chi connectivity index (χ0) is 15.1. The van der Waals surface area contributed by atoms with Crippen molar-refractivity contribution in [2.75, 3.05) is 5.88 Å². The second-order valence-corrected chi connectivity index (χ2v) is 6.43. The highest BCUT2D eigenvalue weighted by atomic mass is 35.5. The summed E-state index contributed by atoms with van der Waals surface area (Å²) in [7, 11) is 0. The molecule has 0 radical (unpaired) electrons. The van der Waals surface area contributed by atoms with Crippen LogP contribution < -0.4 is 0 Å². The van der Waals surface area contributed by atoms with Crippen LogP contribution in [-0.2, 0) is 6.42 Å². The van der Waals surface area contributed by atoms with Crippen molar-refractivity contribution in [2.24, 2.45) is 11.8 Å². The maximum absolute atomic E-state index is 14.3. The summed E-state index contributed by atoms with van der Waals surface area (Å²) in [4.78, 5) is 4.48. The molecule has 0 aliphatic heterocycles. The predicted octanol–water partition coefficient (Wildman–Crippen LogP) is 4.70. The first-order valence-corrected chi connectivity index (χ1v) is 7.98. The summed E-state index contributed by atoms with van der Waals surface area (Å²) >= 11 is 5.86. The zero-order valence-corrected chi connectivity index (χ0v) is 13.0. The van der Waals surface area contributed by atoms with E-state index in [1.54, 1.807) is 6.07 Å². The van der Waals surface area contributed by atoms with Crippen molar-refractivity contribution in [3.05, 3.63) is 29.6 Å². The van der Waals surface area contributed by atoms with Gasteiger partial charge < -0.3 is 4.57 Å². The number of hydrogen-bond acceptors (Lipinski definition) is 1. The molecular weight excluding hydrogens is 294 g/mol. The Bertz CT molecular complexity index is 668. The lowest BCUT2D eigenvalue weighted by Gasteiger charge is -2.23. The molecule has 1 aliphatic carbocycles. The summed E-state index contributed by atoms with van der Waals surface area (Å²) in [6.45, 7) is 4.39. The van der Waals surface area contributed by atoms with E-state index in [9.17, 15) is 8.78 Å². The van der Waals surface area contributed by atoms with Crippen molar-refractivity contribution in [2.45, 2.75) is 39.2 Å². The number of fused-ring (bicyclic) bond motifs is 1. The summed E-state index contributed by atoms with van der Waals surface area (Å²) < 4.78 is 29.9. The number of rotatable bonds is 3. The molecule has 3 atom stereocenters. The monoisotopic (exact) mass is 312 g/mol. The lowest BCUT2D eigenvalue weighted by molar-refractivity contribution is 0.350.